The second-order valence-corrected chi connectivity index (χ2v) is 5.94. The number of carbonyl (C=O) groups is 2. The van der Waals surface area contributed by atoms with Crippen molar-refractivity contribution in [3.63, 3.8) is 0 Å². The zero-order chi connectivity index (χ0) is 14.0. The third-order valence-electron chi connectivity index (χ3n) is 4.51. The Balaban J connectivity index is 1.92. The van der Waals surface area contributed by atoms with E-state index < -0.39 is 11.9 Å². The van der Waals surface area contributed by atoms with Crippen molar-refractivity contribution >= 4 is 11.9 Å². The van der Waals surface area contributed by atoms with E-state index in [1.165, 1.54) is 0 Å². The molecule has 5 heteroatoms. The predicted molar refractivity (Wildman–Crippen MR) is 71.8 cm³/mol. The molecule has 2 rings (SSSR count). The average molecular weight is 268 g/mol. The predicted octanol–water partition coefficient (Wildman–Crippen LogP) is 1.04. The fourth-order valence-electron chi connectivity index (χ4n) is 3.24. The summed E-state index contributed by atoms with van der Waals surface area (Å²) in [5.41, 5.74) is 0. The second-order valence-electron chi connectivity index (χ2n) is 5.94. The fraction of sp³-hybridized carbons (Fsp3) is 0.857. The minimum atomic E-state index is -0.809. The largest absolute Gasteiger partial charge is 0.481 e. The molecule has 1 aliphatic heterocycles. The van der Waals surface area contributed by atoms with Crippen molar-refractivity contribution in [1.82, 2.24) is 9.80 Å². The van der Waals surface area contributed by atoms with E-state index in [1.807, 2.05) is 4.90 Å². The van der Waals surface area contributed by atoms with Gasteiger partial charge >= 0.3 is 5.97 Å². The summed E-state index contributed by atoms with van der Waals surface area (Å²) in [6, 6.07) is 0.510. The van der Waals surface area contributed by atoms with E-state index in [-0.39, 0.29) is 11.8 Å². The zero-order valence-electron chi connectivity index (χ0n) is 11.8. The Morgan fingerprint density at radius 3 is 2.16 bits per heavy atom. The van der Waals surface area contributed by atoms with Crippen molar-refractivity contribution in [3.8, 4) is 0 Å². The molecule has 2 aliphatic rings. The normalized spacial score (nSPS) is 28.9. The number of rotatable bonds is 3. The highest BCUT2D eigenvalue weighted by molar-refractivity contribution is 5.85. The summed E-state index contributed by atoms with van der Waals surface area (Å²) in [5, 5.41) is 9.17. The van der Waals surface area contributed by atoms with E-state index in [2.05, 4.69) is 18.7 Å². The van der Waals surface area contributed by atoms with Crippen LogP contribution in [-0.4, -0.2) is 59.0 Å². The van der Waals surface area contributed by atoms with Gasteiger partial charge < -0.3 is 10.0 Å². The van der Waals surface area contributed by atoms with E-state index in [4.69, 9.17) is 5.11 Å². The summed E-state index contributed by atoms with van der Waals surface area (Å²) in [7, 11) is 0. The lowest BCUT2D eigenvalue weighted by Gasteiger charge is -2.38. The Bertz CT molecular complexity index is 349. The molecule has 2 fully saturated rings. The van der Waals surface area contributed by atoms with Gasteiger partial charge in [-0.25, -0.2) is 0 Å². The summed E-state index contributed by atoms with van der Waals surface area (Å²) in [5.74, 6) is -1.50. The lowest BCUT2D eigenvalue weighted by molar-refractivity contribution is -0.149. The molecule has 0 spiro atoms. The number of hydrogen-bond acceptors (Lipinski definition) is 3. The van der Waals surface area contributed by atoms with Gasteiger partial charge in [-0.05, 0) is 26.7 Å². The average Bonchev–Trinajstić information content (AvgIpc) is 2.87. The van der Waals surface area contributed by atoms with E-state index in [0.29, 0.717) is 12.5 Å². The molecular weight excluding hydrogens is 244 g/mol. The van der Waals surface area contributed by atoms with Crippen molar-refractivity contribution in [2.45, 2.75) is 39.2 Å². The molecule has 1 amide bonds. The first-order chi connectivity index (χ1) is 9.00. The number of carboxylic acid groups (broad SMARTS) is 1. The minimum Gasteiger partial charge on any atom is -0.481 e. The highest BCUT2D eigenvalue weighted by Gasteiger charge is 2.40. The fourth-order valence-corrected chi connectivity index (χ4v) is 3.24. The molecule has 2 atom stereocenters. The first-order valence-corrected chi connectivity index (χ1v) is 7.26. The molecule has 0 aromatic carbocycles. The van der Waals surface area contributed by atoms with Crippen LogP contribution in [-0.2, 0) is 9.59 Å². The van der Waals surface area contributed by atoms with Gasteiger partial charge in [0, 0.05) is 32.2 Å². The van der Waals surface area contributed by atoms with Gasteiger partial charge in [0.2, 0.25) is 5.91 Å². The van der Waals surface area contributed by atoms with E-state index in [0.717, 1.165) is 39.0 Å². The van der Waals surface area contributed by atoms with Gasteiger partial charge in [0.25, 0.3) is 0 Å². The van der Waals surface area contributed by atoms with Crippen molar-refractivity contribution in [2.24, 2.45) is 11.8 Å². The Morgan fingerprint density at radius 1 is 1.05 bits per heavy atom. The summed E-state index contributed by atoms with van der Waals surface area (Å²) >= 11 is 0. The van der Waals surface area contributed by atoms with Crippen LogP contribution in [0.5, 0.6) is 0 Å². The van der Waals surface area contributed by atoms with Crippen LogP contribution in [0.1, 0.15) is 33.1 Å². The van der Waals surface area contributed by atoms with Gasteiger partial charge in [-0.15, -0.1) is 0 Å². The molecule has 0 bridgehead atoms. The number of carbonyl (C=O) groups excluding carboxylic acids is 1. The zero-order valence-corrected chi connectivity index (χ0v) is 11.8. The lowest BCUT2D eigenvalue weighted by atomic mass is 9.94. The summed E-state index contributed by atoms with van der Waals surface area (Å²) < 4.78 is 0. The van der Waals surface area contributed by atoms with E-state index >= 15 is 0 Å². The lowest BCUT2D eigenvalue weighted by Crippen LogP contribution is -2.52. The highest BCUT2D eigenvalue weighted by Crippen LogP contribution is 2.33. The summed E-state index contributed by atoms with van der Waals surface area (Å²) in [6.45, 7) is 7.59. The van der Waals surface area contributed by atoms with E-state index in [9.17, 15) is 9.59 Å². The third-order valence-corrected chi connectivity index (χ3v) is 4.51. The summed E-state index contributed by atoms with van der Waals surface area (Å²) in [6.07, 6.45) is 2.25. The van der Waals surface area contributed by atoms with Crippen LogP contribution in [0, 0.1) is 11.8 Å². The Labute approximate surface area is 114 Å². The third kappa shape index (κ3) is 3.08. The number of carboxylic acids is 1. The molecule has 1 saturated carbocycles. The van der Waals surface area contributed by atoms with Crippen LogP contribution in [0.15, 0.2) is 0 Å². The van der Waals surface area contributed by atoms with Crippen LogP contribution in [0.2, 0.25) is 0 Å². The molecule has 0 radical (unpaired) electrons. The quantitative estimate of drug-likeness (QED) is 0.831. The molecule has 1 heterocycles. The molecular formula is C14H24N2O3. The first kappa shape index (κ1) is 14.3. The van der Waals surface area contributed by atoms with Gasteiger partial charge in [-0.2, -0.15) is 0 Å². The van der Waals surface area contributed by atoms with Crippen molar-refractivity contribution in [3.05, 3.63) is 0 Å². The number of hydrogen-bond donors (Lipinski definition) is 1. The molecule has 0 unspecified atom stereocenters. The van der Waals surface area contributed by atoms with Crippen LogP contribution < -0.4 is 0 Å². The van der Waals surface area contributed by atoms with Crippen molar-refractivity contribution in [2.75, 3.05) is 26.2 Å². The second kappa shape index (κ2) is 5.90. The molecule has 108 valence electrons. The molecule has 5 nitrogen and oxygen atoms in total. The highest BCUT2D eigenvalue weighted by atomic mass is 16.4. The minimum absolute atomic E-state index is 0.0632. The van der Waals surface area contributed by atoms with Crippen LogP contribution >= 0.6 is 0 Å². The SMILES string of the molecule is CC(C)N1CCN(C(=O)[C@@H]2CCC[C@@H]2C(=O)O)CC1. The number of aliphatic carboxylic acids is 1. The number of amides is 1. The van der Waals surface area contributed by atoms with Crippen LogP contribution in [0.4, 0.5) is 0 Å². The monoisotopic (exact) mass is 268 g/mol. The molecule has 0 aromatic heterocycles. The van der Waals surface area contributed by atoms with Crippen molar-refractivity contribution < 1.29 is 14.7 Å². The first-order valence-electron chi connectivity index (χ1n) is 7.26. The van der Waals surface area contributed by atoms with Crippen LogP contribution in [0.3, 0.4) is 0 Å². The van der Waals surface area contributed by atoms with Gasteiger partial charge in [-0.1, -0.05) is 6.42 Å². The smallest absolute Gasteiger partial charge is 0.307 e. The topological polar surface area (TPSA) is 60.9 Å². The van der Waals surface area contributed by atoms with Gasteiger partial charge in [0.05, 0.1) is 11.8 Å². The van der Waals surface area contributed by atoms with Crippen LogP contribution in [0.25, 0.3) is 0 Å². The standard InChI is InChI=1S/C14H24N2O3/c1-10(2)15-6-8-16(9-7-15)13(17)11-4-3-5-12(11)14(18)19/h10-12H,3-9H2,1-2H3,(H,18,19)/t11-,12+/m1/s1. The van der Waals surface area contributed by atoms with Gasteiger partial charge in [-0.3, -0.25) is 14.5 Å². The molecule has 19 heavy (non-hydrogen) atoms. The Hall–Kier alpha value is -1.10. The molecule has 1 N–H and O–H groups in total. The Kier molecular flexibility index (Phi) is 4.45. The van der Waals surface area contributed by atoms with Gasteiger partial charge in [0.1, 0.15) is 0 Å². The Morgan fingerprint density at radius 2 is 1.63 bits per heavy atom. The maximum Gasteiger partial charge on any atom is 0.307 e. The number of nitrogens with zero attached hydrogens (tertiary/aromatic N) is 2. The molecule has 0 aromatic rings. The maximum absolute atomic E-state index is 12.4. The van der Waals surface area contributed by atoms with Crippen molar-refractivity contribution in [1.29, 1.82) is 0 Å². The molecule has 1 aliphatic carbocycles. The summed E-state index contributed by atoms with van der Waals surface area (Å²) in [4.78, 5) is 27.8. The number of piperazine rings is 1. The molecule has 1 saturated heterocycles. The maximum atomic E-state index is 12.4. The van der Waals surface area contributed by atoms with Gasteiger partial charge in [0.15, 0.2) is 0 Å². The van der Waals surface area contributed by atoms with E-state index in [1.54, 1.807) is 0 Å².